The normalized spacial score (nSPS) is 15.1. The predicted octanol–water partition coefficient (Wildman–Crippen LogP) is 4.45. The first kappa shape index (κ1) is 20.0. The van der Waals surface area contributed by atoms with Crippen LogP contribution in [0.15, 0.2) is 48.8 Å². The van der Waals surface area contributed by atoms with E-state index < -0.39 is 0 Å². The zero-order valence-electron chi connectivity index (χ0n) is 17.5. The maximum Gasteiger partial charge on any atom is 0.337 e. The number of nitrogens with one attached hydrogen (secondary N) is 2. The topological polar surface area (TPSA) is 64.4 Å². The van der Waals surface area contributed by atoms with E-state index in [1.54, 1.807) is 0 Å². The molecule has 1 saturated heterocycles. The van der Waals surface area contributed by atoms with E-state index in [2.05, 4.69) is 38.1 Å². The van der Waals surface area contributed by atoms with Crippen molar-refractivity contribution in [3.05, 3.63) is 64.9 Å². The number of aromatic amines is 2. The standard InChI is InChI=1S/C24H25ClN4O2/c1-31-24(30)17-12-21-20(4-6-26-21)23(13-17)29-10-8-28(9-11-29)7-5-16-15-27-22-14-18(25)2-3-19(16)22/h2-4,6,12-15,26-27H,5,7-11H2,1H3. The number of ether oxygens (including phenoxy) is 1. The van der Waals surface area contributed by atoms with Gasteiger partial charge in [0.25, 0.3) is 0 Å². The Bertz CT molecular complexity index is 1240. The third-order valence-corrected chi connectivity index (χ3v) is 6.44. The van der Waals surface area contributed by atoms with E-state index in [0.29, 0.717) is 5.56 Å². The summed E-state index contributed by atoms with van der Waals surface area (Å²) in [6.07, 6.45) is 5.01. The Balaban J connectivity index is 1.26. The quantitative estimate of drug-likeness (QED) is 0.453. The molecular weight excluding hydrogens is 412 g/mol. The van der Waals surface area contributed by atoms with Crippen molar-refractivity contribution in [1.29, 1.82) is 0 Å². The van der Waals surface area contributed by atoms with Crippen LogP contribution >= 0.6 is 11.6 Å². The lowest BCUT2D eigenvalue weighted by atomic mass is 10.1. The van der Waals surface area contributed by atoms with Gasteiger partial charge >= 0.3 is 5.97 Å². The fraction of sp³-hybridized carbons (Fsp3) is 0.292. The molecule has 5 rings (SSSR count). The number of carbonyl (C=O) groups is 1. The largest absolute Gasteiger partial charge is 0.465 e. The summed E-state index contributed by atoms with van der Waals surface area (Å²) in [6.45, 7) is 4.85. The van der Waals surface area contributed by atoms with E-state index >= 15 is 0 Å². The minimum Gasteiger partial charge on any atom is -0.465 e. The summed E-state index contributed by atoms with van der Waals surface area (Å²) in [4.78, 5) is 23.5. The second-order valence-electron chi connectivity index (χ2n) is 8.01. The van der Waals surface area contributed by atoms with Crippen LogP contribution in [-0.4, -0.2) is 60.7 Å². The first-order chi connectivity index (χ1) is 15.1. The molecule has 2 N–H and O–H groups in total. The molecule has 7 heteroatoms. The van der Waals surface area contributed by atoms with Crippen LogP contribution in [0, 0.1) is 0 Å². The molecule has 1 aliphatic rings. The number of rotatable bonds is 5. The number of H-pyrrole nitrogens is 2. The molecule has 0 aliphatic carbocycles. The second-order valence-corrected chi connectivity index (χ2v) is 8.44. The van der Waals surface area contributed by atoms with Gasteiger partial charge in [-0.2, -0.15) is 0 Å². The van der Waals surface area contributed by atoms with Gasteiger partial charge in [0, 0.05) is 77.6 Å². The van der Waals surface area contributed by atoms with Gasteiger partial charge in [-0.25, -0.2) is 4.79 Å². The molecule has 2 aromatic carbocycles. The first-order valence-electron chi connectivity index (χ1n) is 10.5. The fourth-order valence-corrected chi connectivity index (χ4v) is 4.67. The molecule has 0 saturated carbocycles. The van der Waals surface area contributed by atoms with Gasteiger partial charge in [0.2, 0.25) is 0 Å². The van der Waals surface area contributed by atoms with Crippen LogP contribution in [0.4, 0.5) is 5.69 Å². The van der Waals surface area contributed by atoms with Crippen molar-refractivity contribution in [3.8, 4) is 0 Å². The second kappa shape index (κ2) is 8.29. The third kappa shape index (κ3) is 3.89. The van der Waals surface area contributed by atoms with Crippen LogP contribution in [0.25, 0.3) is 21.8 Å². The highest BCUT2D eigenvalue weighted by Crippen LogP contribution is 2.30. The highest BCUT2D eigenvalue weighted by Gasteiger charge is 2.21. The summed E-state index contributed by atoms with van der Waals surface area (Å²) in [5.41, 5.74) is 5.05. The van der Waals surface area contributed by atoms with Gasteiger partial charge in [-0.15, -0.1) is 0 Å². The van der Waals surface area contributed by atoms with Crippen LogP contribution in [0.5, 0.6) is 0 Å². The van der Waals surface area contributed by atoms with Gasteiger partial charge in [0.1, 0.15) is 0 Å². The van der Waals surface area contributed by atoms with Crippen LogP contribution < -0.4 is 4.90 Å². The number of esters is 1. The lowest BCUT2D eigenvalue weighted by Crippen LogP contribution is -2.47. The molecule has 160 valence electrons. The Kier molecular flexibility index (Phi) is 5.34. The molecule has 0 radical (unpaired) electrons. The van der Waals surface area contributed by atoms with E-state index in [4.69, 9.17) is 16.3 Å². The molecule has 3 heterocycles. The number of halogens is 1. The minimum atomic E-state index is -0.309. The number of aromatic nitrogens is 2. The van der Waals surface area contributed by atoms with Gasteiger partial charge in [-0.1, -0.05) is 17.7 Å². The molecule has 0 amide bonds. The molecule has 1 fully saturated rings. The number of benzene rings is 2. The smallest absolute Gasteiger partial charge is 0.337 e. The highest BCUT2D eigenvalue weighted by molar-refractivity contribution is 6.31. The van der Waals surface area contributed by atoms with Crippen LogP contribution in [0.1, 0.15) is 15.9 Å². The van der Waals surface area contributed by atoms with E-state index in [1.165, 1.54) is 18.1 Å². The van der Waals surface area contributed by atoms with E-state index in [0.717, 1.165) is 66.3 Å². The third-order valence-electron chi connectivity index (χ3n) is 6.21. The summed E-state index contributed by atoms with van der Waals surface area (Å²) >= 11 is 6.09. The van der Waals surface area contributed by atoms with Crippen molar-refractivity contribution in [2.45, 2.75) is 6.42 Å². The molecule has 31 heavy (non-hydrogen) atoms. The Morgan fingerprint density at radius 2 is 1.84 bits per heavy atom. The molecule has 2 aromatic heterocycles. The number of fused-ring (bicyclic) bond motifs is 2. The van der Waals surface area contributed by atoms with Gasteiger partial charge < -0.3 is 19.6 Å². The Hall–Kier alpha value is -2.96. The molecular formula is C24H25ClN4O2. The van der Waals surface area contributed by atoms with E-state index in [1.807, 2.05) is 30.5 Å². The van der Waals surface area contributed by atoms with Crippen molar-refractivity contribution < 1.29 is 9.53 Å². The Morgan fingerprint density at radius 3 is 2.65 bits per heavy atom. The van der Waals surface area contributed by atoms with Gasteiger partial charge in [-0.05, 0) is 42.3 Å². The number of carbonyl (C=O) groups excluding carboxylic acids is 1. The molecule has 0 spiro atoms. The zero-order valence-corrected chi connectivity index (χ0v) is 18.2. The summed E-state index contributed by atoms with van der Waals surface area (Å²) in [5.74, 6) is -0.309. The first-order valence-corrected chi connectivity index (χ1v) is 10.9. The number of nitrogens with zero attached hydrogens (tertiary/aromatic N) is 2. The van der Waals surface area contributed by atoms with Gasteiger partial charge in [0.15, 0.2) is 0 Å². The molecule has 0 unspecified atom stereocenters. The summed E-state index contributed by atoms with van der Waals surface area (Å²) in [6, 6.07) is 11.9. The highest BCUT2D eigenvalue weighted by atomic mass is 35.5. The summed E-state index contributed by atoms with van der Waals surface area (Å²) in [7, 11) is 1.42. The number of hydrogen-bond acceptors (Lipinski definition) is 4. The van der Waals surface area contributed by atoms with Crippen molar-refractivity contribution in [2.24, 2.45) is 0 Å². The lowest BCUT2D eigenvalue weighted by molar-refractivity contribution is 0.0601. The molecule has 0 atom stereocenters. The van der Waals surface area contributed by atoms with Crippen molar-refractivity contribution in [1.82, 2.24) is 14.9 Å². The fourth-order valence-electron chi connectivity index (χ4n) is 4.50. The Morgan fingerprint density at radius 1 is 1.03 bits per heavy atom. The summed E-state index contributed by atoms with van der Waals surface area (Å²) in [5, 5.41) is 3.14. The molecule has 6 nitrogen and oxygen atoms in total. The minimum absolute atomic E-state index is 0.309. The SMILES string of the molecule is COC(=O)c1cc(N2CCN(CCc3c[nH]c4cc(Cl)ccc34)CC2)c2cc[nH]c2c1. The van der Waals surface area contributed by atoms with E-state index in [-0.39, 0.29) is 5.97 Å². The van der Waals surface area contributed by atoms with Crippen molar-refractivity contribution >= 4 is 45.1 Å². The van der Waals surface area contributed by atoms with Crippen LogP contribution in [0.3, 0.4) is 0 Å². The molecule has 4 aromatic rings. The number of piperazine rings is 1. The Labute approximate surface area is 185 Å². The summed E-state index contributed by atoms with van der Waals surface area (Å²) < 4.78 is 4.94. The van der Waals surface area contributed by atoms with Gasteiger partial charge in [-0.3, -0.25) is 4.90 Å². The van der Waals surface area contributed by atoms with Crippen molar-refractivity contribution in [2.75, 3.05) is 44.7 Å². The van der Waals surface area contributed by atoms with E-state index in [9.17, 15) is 4.79 Å². The maximum absolute atomic E-state index is 12.1. The van der Waals surface area contributed by atoms with Crippen molar-refractivity contribution in [3.63, 3.8) is 0 Å². The number of hydrogen-bond donors (Lipinski definition) is 2. The average molecular weight is 437 g/mol. The maximum atomic E-state index is 12.1. The van der Waals surface area contributed by atoms with Crippen LogP contribution in [0.2, 0.25) is 5.02 Å². The number of anilines is 1. The average Bonchev–Trinajstić information content (AvgIpc) is 3.43. The van der Waals surface area contributed by atoms with Crippen LogP contribution in [-0.2, 0) is 11.2 Å². The molecule has 1 aliphatic heterocycles. The number of methoxy groups -OCH3 is 1. The lowest BCUT2D eigenvalue weighted by Gasteiger charge is -2.36. The monoisotopic (exact) mass is 436 g/mol. The zero-order chi connectivity index (χ0) is 21.4. The van der Waals surface area contributed by atoms with Gasteiger partial charge in [0.05, 0.1) is 12.7 Å². The molecule has 0 bridgehead atoms. The predicted molar refractivity (Wildman–Crippen MR) is 125 cm³/mol.